The molecule has 0 spiro atoms. The van der Waals surface area contributed by atoms with Crippen molar-refractivity contribution in [3.63, 3.8) is 0 Å². The molecule has 7 heteroatoms. The number of nitrogens with zero attached hydrogens (tertiary/aromatic N) is 1. The first-order valence-electron chi connectivity index (χ1n) is 5.37. The van der Waals surface area contributed by atoms with Crippen LogP contribution in [0.15, 0.2) is 18.2 Å². The van der Waals surface area contributed by atoms with Gasteiger partial charge in [0.05, 0.1) is 4.95 Å². The quantitative estimate of drug-likeness (QED) is 0.645. The van der Waals surface area contributed by atoms with E-state index in [0.717, 1.165) is 12.1 Å². The van der Waals surface area contributed by atoms with Crippen LogP contribution in [-0.4, -0.2) is 29.0 Å². The normalized spacial score (nSPS) is 24.2. The highest BCUT2D eigenvalue weighted by atomic mass is 79.9. The number of hydrogen-bond donors (Lipinski definition) is 2. The standard InChI is InChI=1S/C11H12BrF2N3O/c1-17-9(12)5-8(16-17)11(18)15-10-6(13)3-2-4-7(10)14/h2-4,8-9,16H,5H2,1H3,(H,15,18). The van der Waals surface area contributed by atoms with Gasteiger partial charge in [-0.3, -0.25) is 4.79 Å². The number of benzene rings is 1. The Bertz CT molecular complexity index is 441. The van der Waals surface area contributed by atoms with Crippen molar-refractivity contribution in [3.05, 3.63) is 29.8 Å². The van der Waals surface area contributed by atoms with Crippen LogP contribution in [0.2, 0.25) is 0 Å². The third-order valence-corrected chi connectivity index (χ3v) is 3.73. The van der Waals surface area contributed by atoms with Crippen LogP contribution in [-0.2, 0) is 4.79 Å². The van der Waals surface area contributed by atoms with E-state index in [4.69, 9.17) is 0 Å². The second-order valence-electron chi connectivity index (χ2n) is 4.05. The molecular weight excluding hydrogens is 308 g/mol. The average molecular weight is 320 g/mol. The van der Waals surface area contributed by atoms with Gasteiger partial charge in [0.2, 0.25) is 5.91 Å². The number of anilines is 1. The number of alkyl halides is 1. The Hall–Kier alpha value is -1.05. The van der Waals surface area contributed by atoms with E-state index >= 15 is 0 Å². The smallest absolute Gasteiger partial charge is 0.243 e. The molecule has 0 saturated carbocycles. The summed E-state index contributed by atoms with van der Waals surface area (Å²) >= 11 is 3.36. The Morgan fingerprint density at radius 1 is 1.50 bits per heavy atom. The second-order valence-corrected chi connectivity index (χ2v) is 5.11. The lowest BCUT2D eigenvalue weighted by molar-refractivity contribution is -0.118. The minimum atomic E-state index is -0.787. The number of halogens is 3. The highest BCUT2D eigenvalue weighted by Gasteiger charge is 2.32. The lowest BCUT2D eigenvalue weighted by Crippen LogP contribution is -2.41. The number of carbonyl (C=O) groups excluding carboxylic acids is 1. The number of hydrogen-bond acceptors (Lipinski definition) is 3. The summed E-state index contributed by atoms with van der Waals surface area (Å²) in [4.78, 5) is 11.9. The summed E-state index contributed by atoms with van der Waals surface area (Å²) in [5, 5.41) is 3.99. The number of carbonyl (C=O) groups is 1. The molecule has 4 nitrogen and oxygen atoms in total. The number of amides is 1. The van der Waals surface area contributed by atoms with Crippen LogP contribution in [0.5, 0.6) is 0 Å². The monoisotopic (exact) mass is 319 g/mol. The van der Waals surface area contributed by atoms with Gasteiger partial charge >= 0.3 is 0 Å². The minimum absolute atomic E-state index is 0.0127. The first kappa shape index (κ1) is 13.4. The maximum atomic E-state index is 13.4. The SMILES string of the molecule is CN1NC(C(=O)Nc2c(F)cccc2F)CC1Br. The molecule has 1 amide bonds. The summed E-state index contributed by atoms with van der Waals surface area (Å²) in [6.45, 7) is 0. The van der Waals surface area contributed by atoms with Gasteiger partial charge in [0.25, 0.3) is 0 Å². The largest absolute Gasteiger partial charge is 0.320 e. The van der Waals surface area contributed by atoms with Crippen molar-refractivity contribution in [2.75, 3.05) is 12.4 Å². The van der Waals surface area contributed by atoms with E-state index < -0.39 is 29.3 Å². The van der Waals surface area contributed by atoms with Crippen LogP contribution in [0.1, 0.15) is 6.42 Å². The first-order valence-corrected chi connectivity index (χ1v) is 6.28. The second kappa shape index (κ2) is 5.29. The van der Waals surface area contributed by atoms with Gasteiger partial charge in [0.15, 0.2) is 0 Å². The number of rotatable bonds is 2. The summed E-state index contributed by atoms with van der Waals surface area (Å²) in [5.74, 6) is -2.04. The molecule has 0 radical (unpaired) electrons. The summed E-state index contributed by atoms with van der Waals surface area (Å²) in [7, 11) is 1.77. The van der Waals surface area contributed by atoms with E-state index in [1.165, 1.54) is 6.07 Å². The predicted octanol–water partition coefficient (Wildman–Crippen LogP) is 1.83. The van der Waals surface area contributed by atoms with Gasteiger partial charge in [-0.25, -0.2) is 19.2 Å². The van der Waals surface area contributed by atoms with E-state index in [-0.39, 0.29) is 4.95 Å². The summed E-state index contributed by atoms with van der Waals surface area (Å²) in [6, 6.07) is 2.93. The fraction of sp³-hybridized carbons (Fsp3) is 0.364. The van der Waals surface area contributed by atoms with Gasteiger partial charge in [-0.15, -0.1) is 0 Å². The maximum absolute atomic E-state index is 13.4. The van der Waals surface area contributed by atoms with E-state index in [1.807, 2.05) is 0 Å². The fourth-order valence-electron chi connectivity index (χ4n) is 1.73. The summed E-state index contributed by atoms with van der Waals surface area (Å²) in [5.41, 5.74) is 2.48. The molecule has 0 bridgehead atoms. The third-order valence-electron chi connectivity index (χ3n) is 2.74. The van der Waals surface area contributed by atoms with Crippen LogP contribution in [0, 0.1) is 11.6 Å². The van der Waals surface area contributed by atoms with Crippen molar-refractivity contribution in [1.29, 1.82) is 0 Å². The molecule has 1 fully saturated rings. The molecule has 1 saturated heterocycles. The molecule has 2 atom stereocenters. The van der Waals surface area contributed by atoms with Crippen LogP contribution in [0.4, 0.5) is 14.5 Å². The average Bonchev–Trinajstić information content (AvgIpc) is 2.64. The van der Waals surface area contributed by atoms with Gasteiger partial charge in [-0.2, -0.15) is 0 Å². The zero-order chi connectivity index (χ0) is 13.3. The molecule has 0 aliphatic carbocycles. The van der Waals surface area contributed by atoms with E-state index in [0.29, 0.717) is 6.42 Å². The molecule has 0 aromatic heterocycles. The van der Waals surface area contributed by atoms with Gasteiger partial charge < -0.3 is 5.32 Å². The lowest BCUT2D eigenvalue weighted by Gasteiger charge is -2.14. The van der Waals surface area contributed by atoms with Crippen molar-refractivity contribution < 1.29 is 13.6 Å². The van der Waals surface area contributed by atoms with Gasteiger partial charge in [0.1, 0.15) is 23.4 Å². The Labute approximate surface area is 111 Å². The minimum Gasteiger partial charge on any atom is -0.320 e. The number of hydrazine groups is 1. The predicted molar refractivity (Wildman–Crippen MR) is 67.0 cm³/mol. The fourth-order valence-corrected chi connectivity index (χ4v) is 2.22. The van der Waals surface area contributed by atoms with Gasteiger partial charge in [0, 0.05) is 7.05 Å². The van der Waals surface area contributed by atoms with E-state index in [1.54, 1.807) is 12.1 Å². The third kappa shape index (κ3) is 2.68. The molecule has 98 valence electrons. The van der Waals surface area contributed by atoms with Crippen molar-refractivity contribution >= 4 is 27.5 Å². The zero-order valence-electron chi connectivity index (χ0n) is 9.58. The molecule has 2 unspecified atom stereocenters. The summed E-state index contributed by atoms with van der Waals surface area (Å²) in [6.07, 6.45) is 0.512. The first-order chi connectivity index (χ1) is 8.49. The zero-order valence-corrected chi connectivity index (χ0v) is 11.2. The van der Waals surface area contributed by atoms with Crippen molar-refractivity contribution in [2.45, 2.75) is 17.4 Å². The Balaban J connectivity index is 2.08. The topological polar surface area (TPSA) is 44.4 Å². The van der Waals surface area contributed by atoms with Gasteiger partial charge in [-0.1, -0.05) is 22.0 Å². The highest BCUT2D eigenvalue weighted by Crippen LogP contribution is 2.22. The van der Waals surface area contributed by atoms with Crippen LogP contribution >= 0.6 is 15.9 Å². The molecule has 2 N–H and O–H groups in total. The number of nitrogens with one attached hydrogen (secondary N) is 2. The summed E-state index contributed by atoms with van der Waals surface area (Å²) < 4.78 is 26.7. The molecule has 1 heterocycles. The van der Waals surface area contributed by atoms with Crippen molar-refractivity contribution in [1.82, 2.24) is 10.4 Å². The molecule has 1 aromatic rings. The highest BCUT2D eigenvalue weighted by molar-refractivity contribution is 9.09. The molecule has 18 heavy (non-hydrogen) atoms. The van der Waals surface area contributed by atoms with E-state index in [9.17, 15) is 13.6 Å². The Morgan fingerprint density at radius 2 is 2.11 bits per heavy atom. The van der Waals surface area contributed by atoms with Crippen molar-refractivity contribution in [3.8, 4) is 0 Å². The molecule has 1 aliphatic rings. The molecule has 2 rings (SSSR count). The molecule has 1 aliphatic heterocycles. The van der Waals surface area contributed by atoms with Crippen LogP contribution in [0.25, 0.3) is 0 Å². The number of para-hydroxylation sites is 1. The van der Waals surface area contributed by atoms with Crippen LogP contribution < -0.4 is 10.7 Å². The maximum Gasteiger partial charge on any atom is 0.243 e. The molecule has 1 aromatic carbocycles. The van der Waals surface area contributed by atoms with Gasteiger partial charge in [-0.05, 0) is 18.6 Å². The van der Waals surface area contributed by atoms with Crippen molar-refractivity contribution in [2.24, 2.45) is 0 Å². The van der Waals surface area contributed by atoms with E-state index in [2.05, 4.69) is 26.7 Å². The molecular formula is C11H12BrF2N3O. The Morgan fingerprint density at radius 3 is 2.61 bits per heavy atom. The Kier molecular flexibility index (Phi) is 3.94. The van der Waals surface area contributed by atoms with Crippen LogP contribution in [0.3, 0.4) is 0 Å². The lowest BCUT2D eigenvalue weighted by atomic mass is 10.2.